The van der Waals surface area contributed by atoms with Gasteiger partial charge in [-0.3, -0.25) is 9.78 Å². The number of hydrogen-bond acceptors (Lipinski definition) is 5. The second-order valence-electron chi connectivity index (χ2n) is 8.59. The molecule has 0 aliphatic heterocycles. The van der Waals surface area contributed by atoms with Gasteiger partial charge in [0.25, 0.3) is 5.91 Å². The van der Waals surface area contributed by atoms with Crippen LogP contribution >= 0.6 is 0 Å². The van der Waals surface area contributed by atoms with E-state index in [0.29, 0.717) is 35.4 Å². The van der Waals surface area contributed by atoms with Crippen LogP contribution in [-0.4, -0.2) is 36.8 Å². The van der Waals surface area contributed by atoms with Crippen LogP contribution in [0.5, 0.6) is 0 Å². The maximum absolute atomic E-state index is 13.3. The number of nitrogens with zero attached hydrogens (tertiary/aromatic N) is 5. The molecule has 0 bridgehead atoms. The topological polar surface area (TPSA) is 90.8 Å². The molecule has 178 valence electrons. The first-order chi connectivity index (χ1) is 17.8. The Bertz CT molecular complexity index is 1630. The number of pyridine rings is 2. The molecule has 36 heavy (non-hydrogen) atoms. The molecule has 8 nitrogen and oxygen atoms in total. The highest BCUT2D eigenvalue weighted by atomic mass is 16.3. The lowest BCUT2D eigenvalue weighted by atomic mass is 10.1. The molecule has 0 saturated carbocycles. The summed E-state index contributed by atoms with van der Waals surface area (Å²) in [5.74, 6) is 0.611. The third-order valence-electron chi connectivity index (χ3n) is 6.24. The highest BCUT2D eigenvalue weighted by Gasteiger charge is 2.18. The summed E-state index contributed by atoms with van der Waals surface area (Å²) in [4.78, 5) is 22.4. The van der Waals surface area contributed by atoms with Gasteiger partial charge in [-0.25, -0.2) is 9.67 Å². The molecule has 0 saturated heterocycles. The van der Waals surface area contributed by atoms with E-state index < -0.39 is 0 Å². The zero-order chi connectivity index (χ0) is 24.3. The van der Waals surface area contributed by atoms with Crippen LogP contribution in [0.2, 0.25) is 0 Å². The van der Waals surface area contributed by atoms with Crippen molar-refractivity contribution in [3.63, 3.8) is 0 Å². The Morgan fingerprint density at radius 3 is 2.83 bits per heavy atom. The Morgan fingerprint density at radius 1 is 1.03 bits per heavy atom. The van der Waals surface area contributed by atoms with Gasteiger partial charge >= 0.3 is 0 Å². The summed E-state index contributed by atoms with van der Waals surface area (Å²) in [7, 11) is 0. The minimum atomic E-state index is -0.151. The Labute approximate surface area is 207 Å². The Hall–Kier alpha value is -4.72. The molecule has 5 aromatic heterocycles. The van der Waals surface area contributed by atoms with Gasteiger partial charge in [-0.1, -0.05) is 18.2 Å². The zero-order valence-corrected chi connectivity index (χ0v) is 19.5. The number of carbonyl (C=O) groups excluding carboxylic acids is 1. The van der Waals surface area contributed by atoms with Crippen LogP contribution in [-0.2, 0) is 13.1 Å². The predicted octanol–water partition coefficient (Wildman–Crippen LogP) is 4.91. The second-order valence-corrected chi connectivity index (χ2v) is 8.59. The minimum Gasteiger partial charge on any atom is -0.467 e. The van der Waals surface area contributed by atoms with Gasteiger partial charge in [-0.15, -0.1) is 0 Å². The van der Waals surface area contributed by atoms with Crippen LogP contribution in [0.3, 0.4) is 0 Å². The third-order valence-corrected chi connectivity index (χ3v) is 6.24. The number of carbonyl (C=O) groups is 1. The van der Waals surface area contributed by atoms with Crippen LogP contribution in [0.15, 0.2) is 96.1 Å². The fourth-order valence-electron chi connectivity index (χ4n) is 4.45. The van der Waals surface area contributed by atoms with E-state index in [0.717, 1.165) is 24.3 Å². The van der Waals surface area contributed by atoms with Gasteiger partial charge in [0.2, 0.25) is 0 Å². The third kappa shape index (κ3) is 4.24. The quantitative estimate of drug-likeness (QED) is 0.315. The summed E-state index contributed by atoms with van der Waals surface area (Å²) >= 11 is 0. The summed E-state index contributed by atoms with van der Waals surface area (Å²) in [5.41, 5.74) is 3.86. The Morgan fingerprint density at radius 2 is 1.97 bits per heavy atom. The first-order valence-electron chi connectivity index (χ1n) is 11.9. The van der Waals surface area contributed by atoms with Crippen molar-refractivity contribution in [2.45, 2.75) is 19.5 Å². The summed E-state index contributed by atoms with van der Waals surface area (Å²) in [6.45, 7) is 1.80. The summed E-state index contributed by atoms with van der Waals surface area (Å²) < 4.78 is 9.46. The number of furan rings is 1. The predicted molar refractivity (Wildman–Crippen MR) is 137 cm³/mol. The molecule has 0 spiro atoms. The molecule has 0 fully saturated rings. The Balaban J connectivity index is 1.25. The average Bonchev–Trinajstić information content (AvgIpc) is 3.68. The maximum Gasteiger partial charge on any atom is 0.252 e. The summed E-state index contributed by atoms with van der Waals surface area (Å²) in [5, 5.41) is 9.50. The fraction of sp³-hybridized carbons (Fsp3) is 0.143. The summed E-state index contributed by atoms with van der Waals surface area (Å²) in [6.07, 6.45) is 9.68. The lowest BCUT2D eigenvalue weighted by Crippen LogP contribution is -2.25. The lowest BCUT2D eigenvalue weighted by molar-refractivity contribution is 0.0954. The van der Waals surface area contributed by atoms with Gasteiger partial charge in [-0.2, -0.15) is 5.10 Å². The van der Waals surface area contributed by atoms with E-state index in [-0.39, 0.29) is 5.91 Å². The first kappa shape index (κ1) is 21.8. The molecule has 0 radical (unpaired) electrons. The highest BCUT2D eigenvalue weighted by Crippen LogP contribution is 2.25. The van der Waals surface area contributed by atoms with Crippen molar-refractivity contribution in [3.8, 4) is 11.3 Å². The van der Waals surface area contributed by atoms with Gasteiger partial charge in [0.05, 0.1) is 29.1 Å². The van der Waals surface area contributed by atoms with Gasteiger partial charge in [-0.05, 0) is 54.3 Å². The van der Waals surface area contributed by atoms with E-state index >= 15 is 0 Å². The van der Waals surface area contributed by atoms with Crippen molar-refractivity contribution in [2.24, 2.45) is 0 Å². The monoisotopic (exact) mass is 476 g/mol. The second kappa shape index (κ2) is 9.50. The van der Waals surface area contributed by atoms with E-state index in [1.807, 2.05) is 42.5 Å². The molecule has 1 amide bonds. The number of amides is 1. The standard InChI is InChI=1S/C28H24N6O2/c35-28(30-12-5-13-33-14-10-20-6-1-2-9-26(20)33)23-16-25(21-7-3-11-29-17-21)32-27-24(23)18-31-34(27)19-22-8-4-15-36-22/h1-4,6-11,14-18H,5,12-13,19H2,(H,30,35). The largest absolute Gasteiger partial charge is 0.467 e. The van der Waals surface area contributed by atoms with Crippen LogP contribution < -0.4 is 5.32 Å². The SMILES string of the molecule is O=C(NCCCn1ccc2ccccc21)c1cc(-c2cccnc2)nc2c1cnn2Cc1ccco1. The van der Waals surface area contributed by atoms with Crippen LogP contribution in [0.1, 0.15) is 22.5 Å². The van der Waals surface area contributed by atoms with Gasteiger partial charge < -0.3 is 14.3 Å². The number of fused-ring (bicyclic) bond motifs is 2. The maximum atomic E-state index is 13.3. The van der Waals surface area contributed by atoms with Crippen molar-refractivity contribution in [2.75, 3.05) is 6.54 Å². The molecule has 0 aliphatic rings. The van der Waals surface area contributed by atoms with Crippen LogP contribution in [0.25, 0.3) is 33.2 Å². The molecule has 0 aliphatic carbocycles. The normalized spacial score (nSPS) is 11.3. The number of nitrogens with one attached hydrogen (secondary N) is 1. The van der Waals surface area contributed by atoms with Crippen molar-refractivity contribution in [1.82, 2.24) is 29.6 Å². The lowest BCUT2D eigenvalue weighted by Gasteiger charge is -2.10. The van der Waals surface area contributed by atoms with Crippen molar-refractivity contribution >= 4 is 27.8 Å². The van der Waals surface area contributed by atoms with Crippen molar-refractivity contribution in [3.05, 3.63) is 103 Å². The van der Waals surface area contributed by atoms with Gasteiger partial charge in [0.1, 0.15) is 12.3 Å². The number of aryl methyl sites for hydroxylation is 1. The van der Waals surface area contributed by atoms with Crippen molar-refractivity contribution < 1.29 is 9.21 Å². The minimum absolute atomic E-state index is 0.151. The summed E-state index contributed by atoms with van der Waals surface area (Å²) in [6, 6.07) is 19.7. The molecule has 5 heterocycles. The van der Waals surface area contributed by atoms with Crippen molar-refractivity contribution in [1.29, 1.82) is 0 Å². The first-order valence-corrected chi connectivity index (χ1v) is 11.9. The molecule has 6 rings (SSSR count). The number of para-hydroxylation sites is 1. The highest BCUT2D eigenvalue weighted by molar-refractivity contribution is 6.06. The molecule has 8 heteroatoms. The molecule has 6 aromatic rings. The van der Waals surface area contributed by atoms with E-state index in [9.17, 15) is 4.79 Å². The van der Waals surface area contributed by atoms with Crippen LogP contribution in [0.4, 0.5) is 0 Å². The van der Waals surface area contributed by atoms with Gasteiger partial charge in [0, 0.05) is 42.8 Å². The van der Waals surface area contributed by atoms with E-state index in [1.165, 1.54) is 10.9 Å². The fourth-order valence-corrected chi connectivity index (χ4v) is 4.45. The van der Waals surface area contributed by atoms with E-state index in [2.05, 4.69) is 44.4 Å². The van der Waals surface area contributed by atoms with E-state index in [1.54, 1.807) is 29.5 Å². The number of aromatic nitrogens is 5. The number of benzene rings is 1. The zero-order valence-electron chi connectivity index (χ0n) is 19.5. The number of rotatable bonds is 8. The van der Waals surface area contributed by atoms with Gasteiger partial charge in [0.15, 0.2) is 5.65 Å². The molecule has 1 N–H and O–H groups in total. The molecule has 1 aromatic carbocycles. The smallest absolute Gasteiger partial charge is 0.252 e. The Kier molecular flexibility index (Phi) is 5.75. The molecular formula is C28H24N6O2. The van der Waals surface area contributed by atoms with E-state index in [4.69, 9.17) is 9.40 Å². The molecular weight excluding hydrogens is 452 g/mol. The average molecular weight is 477 g/mol. The molecule has 0 atom stereocenters. The molecule has 0 unspecified atom stereocenters. The van der Waals surface area contributed by atoms with Crippen LogP contribution in [0, 0.1) is 0 Å². The number of hydrogen-bond donors (Lipinski definition) is 1.